The quantitative estimate of drug-likeness (QED) is 0.770. The Bertz CT molecular complexity index is 609. The van der Waals surface area contributed by atoms with Crippen molar-refractivity contribution in [1.82, 2.24) is 9.88 Å². The zero-order chi connectivity index (χ0) is 16.1. The molecule has 3 nitrogen and oxygen atoms in total. The SMILES string of the molecule is CN(Cc1ccccc1)CC1CCN(c2ccnc(Cl)c2)CC1. The minimum atomic E-state index is 0.576. The van der Waals surface area contributed by atoms with Crippen LogP contribution >= 0.6 is 11.6 Å². The molecule has 0 N–H and O–H groups in total. The molecule has 2 aromatic rings. The molecule has 0 amide bonds. The minimum Gasteiger partial charge on any atom is -0.371 e. The highest BCUT2D eigenvalue weighted by Crippen LogP contribution is 2.25. The van der Waals surface area contributed by atoms with Crippen LogP contribution in [-0.2, 0) is 6.54 Å². The second-order valence-corrected chi connectivity index (χ2v) is 6.84. The lowest BCUT2D eigenvalue weighted by Crippen LogP contribution is -2.37. The van der Waals surface area contributed by atoms with Gasteiger partial charge in [0.1, 0.15) is 5.15 Å². The van der Waals surface area contributed by atoms with E-state index in [0.29, 0.717) is 5.15 Å². The number of benzene rings is 1. The minimum absolute atomic E-state index is 0.576. The Morgan fingerprint density at radius 2 is 1.91 bits per heavy atom. The lowest BCUT2D eigenvalue weighted by Gasteiger charge is -2.35. The number of aromatic nitrogens is 1. The van der Waals surface area contributed by atoms with Crippen LogP contribution in [-0.4, -0.2) is 36.6 Å². The van der Waals surface area contributed by atoms with E-state index in [1.807, 2.05) is 12.1 Å². The summed E-state index contributed by atoms with van der Waals surface area (Å²) in [6, 6.07) is 14.7. The van der Waals surface area contributed by atoms with Crippen LogP contribution in [0.5, 0.6) is 0 Å². The van der Waals surface area contributed by atoms with Crippen LogP contribution in [0.3, 0.4) is 0 Å². The molecule has 0 bridgehead atoms. The predicted octanol–water partition coefficient (Wildman–Crippen LogP) is 4.08. The highest BCUT2D eigenvalue weighted by molar-refractivity contribution is 6.29. The van der Waals surface area contributed by atoms with Gasteiger partial charge in [0, 0.05) is 38.1 Å². The highest BCUT2D eigenvalue weighted by Gasteiger charge is 2.20. The summed E-state index contributed by atoms with van der Waals surface area (Å²) in [7, 11) is 2.22. The fourth-order valence-corrected chi connectivity index (χ4v) is 3.53. The number of piperidine rings is 1. The molecule has 4 heteroatoms. The van der Waals surface area contributed by atoms with Gasteiger partial charge < -0.3 is 9.80 Å². The topological polar surface area (TPSA) is 19.4 Å². The van der Waals surface area contributed by atoms with Crippen molar-refractivity contribution in [3.8, 4) is 0 Å². The number of hydrogen-bond donors (Lipinski definition) is 0. The van der Waals surface area contributed by atoms with Crippen LogP contribution in [0.1, 0.15) is 18.4 Å². The largest absolute Gasteiger partial charge is 0.371 e. The number of nitrogens with zero attached hydrogens (tertiary/aromatic N) is 3. The van der Waals surface area contributed by atoms with E-state index in [-0.39, 0.29) is 0 Å². The molecule has 0 unspecified atom stereocenters. The molecule has 1 aliphatic rings. The van der Waals surface area contributed by atoms with Crippen molar-refractivity contribution in [3.05, 3.63) is 59.4 Å². The fourth-order valence-electron chi connectivity index (χ4n) is 3.36. The highest BCUT2D eigenvalue weighted by atomic mass is 35.5. The molecule has 1 fully saturated rings. The van der Waals surface area contributed by atoms with Crippen LogP contribution < -0.4 is 4.90 Å². The van der Waals surface area contributed by atoms with Gasteiger partial charge >= 0.3 is 0 Å². The van der Waals surface area contributed by atoms with Crippen molar-refractivity contribution in [3.63, 3.8) is 0 Å². The van der Waals surface area contributed by atoms with Gasteiger partial charge in [0.15, 0.2) is 0 Å². The smallest absolute Gasteiger partial charge is 0.131 e. The Balaban J connectivity index is 1.47. The van der Waals surface area contributed by atoms with Gasteiger partial charge in [-0.1, -0.05) is 41.9 Å². The maximum Gasteiger partial charge on any atom is 0.131 e. The van der Waals surface area contributed by atoms with E-state index in [0.717, 1.165) is 25.6 Å². The summed E-state index contributed by atoms with van der Waals surface area (Å²) < 4.78 is 0. The van der Waals surface area contributed by atoms with Crippen molar-refractivity contribution in [1.29, 1.82) is 0 Å². The number of halogens is 1. The third-order valence-electron chi connectivity index (χ3n) is 4.56. The first kappa shape index (κ1) is 16.3. The Morgan fingerprint density at radius 1 is 1.17 bits per heavy atom. The fraction of sp³-hybridized carbons (Fsp3) is 0.421. The first-order valence-electron chi connectivity index (χ1n) is 8.29. The summed E-state index contributed by atoms with van der Waals surface area (Å²) in [4.78, 5) is 8.92. The van der Waals surface area contributed by atoms with E-state index in [4.69, 9.17) is 11.6 Å². The summed E-state index contributed by atoms with van der Waals surface area (Å²) in [6.45, 7) is 4.40. The van der Waals surface area contributed by atoms with Gasteiger partial charge in [-0.25, -0.2) is 4.98 Å². The van der Waals surface area contributed by atoms with Crippen molar-refractivity contribution in [2.75, 3.05) is 31.6 Å². The maximum absolute atomic E-state index is 5.99. The van der Waals surface area contributed by atoms with Crippen LogP contribution in [0.15, 0.2) is 48.7 Å². The standard InChI is InChI=1S/C19H24ClN3/c1-22(14-16-5-3-2-4-6-16)15-17-8-11-23(12-9-17)18-7-10-21-19(20)13-18/h2-7,10,13,17H,8-9,11-12,14-15H2,1H3. The molecule has 0 spiro atoms. The normalized spacial score (nSPS) is 16.0. The molecular formula is C19H24ClN3. The van der Waals surface area contributed by atoms with Gasteiger partial charge in [-0.15, -0.1) is 0 Å². The van der Waals surface area contributed by atoms with Crippen LogP contribution in [0.2, 0.25) is 5.15 Å². The molecule has 3 rings (SSSR count). The van der Waals surface area contributed by atoms with Gasteiger partial charge in [0.05, 0.1) is 0 Å². The number of anilines is 1. The molecule has 1 aromatic heterocycles. The van der Waals surface area contributed by atoms with Crippen LogP contribution in [0, 0.1) is 5.92 Å². The third kappa shape index (κ3) is 4.69. The van der Waals surface area contributed by atoms with Crippen LogP contribution in [0.4, 0.5) is 5.69 Å². The van der Waals surface area contributed by atoms with Gasteiger partial charge in [-0.05, 0) is 43.5 Å². The van der Waals surface area contributed by atoms with Crippen molar-refractivity contribution >= 4 is 17.3 Å². The van der Waals surface area contributed by atoms with Gasteiger partial charge in [-0.2, -0.15) is 0 Å². The van der Waals surface area contributed by atoms with Gasteiger partial charge in [-0.3, -0.25) is 0 Å². The van der Waals surface area contributed by atoms with Gasteiger partial charge in [0.2, 0.25) is 0 Å². The molecule has 122 valence electrons. The Morgan fingerprint density at radius 3 is 2.61 bits per heavy atom. The molecule has 0 radical (unpaired) electrons. The zero-order valence-electron chi connectivity index (χ0n) is 13.7. The number of rotatable bonds is 5. The lowest BCUT2D eigenvalue weighted by molar-refractivity contribution is 0.242. The molecule has 23 heavy (non-hydrogen) atoms. The number of pyridine rings is 1. The summed E-state index contributed by atoms with van der Waals surface area (Å²) in [5, 5.41) is 0.576. The van der Waals surface area contributed by atoms with E-state index in [2.05, 4.69) is 52.2 Å². The molecule has 1 aliphatic heterocycles. The molecule has 0 atom stereocenters. The second kappa shape index (κ2) is 7.80. The molecule has 1 aromatic carbocycles. The molecule has 0 aliphatic carbocycles. The summed E-state index contributed by atoms with van der Waals surface area (Å²) in [5.41, 5.74) is 2.58. The molecule has 1 saturated heterocycles. The van der Waals surface area contributed by atoms with E-state index in [1.165, 1.54) is 30.6 Å². The summed E-state index contributed by atoms with van der Waals surface area (Å²) >= 11 is 5.99. The van der Waals surface area contributed by atoms with E-state index < -0.39 is 0 Å². The molecule has 2 heterocycles. The van der Waals surface area contributed by atoms with Crippen molar-refractivity contribution in [2.45, 2.75) is 19.4 Å². The average molecular weight is 330 g/mol. The number of hydrogen-bond acceptors (Lipinski definition) is 3. The maximum atomic E-state index is 5.99. The average Bonchev–Trinajstić information content (AvgIpc) is 2.56. The first-order chi connectivity index (χ1) is 11.2. The van der Waals surface area contributed by atoms with E-state index in [1.54, 1.807) is 6.20 Å². The van der Waals surface area contributed by atoms with E-state index in [9.17, 15) is 0 Å². The monoisotopic (exact) mass is 329 g/mol. The first-order valence-corrected chi connectivity index (χ1v) is 8.67. The van der Waals surface area contributed by atoms with E-state index >= 15 is 0 Å². The lowest BCUT2D eigenvalue weighted by atomic mass is 9.96. The van der Waals surface area contributed by atoms with Crippen molar-refractivity contribution in [2.24, 2.45) is 5.92 Å². The van der Waals surface area contributed by atoms with Crippen LogP contribution in [0.25, 0.3) is 0 Å². The summed E-state index contributed by atoms with van der Waals surface area (Å²) in [5.74, 6) is 0.775. The Labute approximate surface area is 143 Å². The predicted molar refractivity (Wildman–Crippen MR) is 97.0 cm³/mol. The molecular weight excluding hydrogens is 306 g/mol. The second-order valence-electron chi connectivity index (χ2n) is 6.45. The zero-order valence-corrected chi connectivity index (χ0v) is 14.4. The third-order valence-corrected chi connectivity index (χ3v) is 4.76. The Hall–Kier alpha value is -1.58. The molecule has 0 saturated carbocycles. The van der Waals surface area contributed by atoms with Gasteiger partial charge in [0.25, 0.3) is 0 Å². The summed E-state index contributed by atoms with van der Waals surface area (Å²) in [6.07, 6.45) is 4.26. The van der Waals surface area contributed by atoms with Crippen molar-refractivity contribution < 1.29 is 0 Å². The Kier molecular flexibility index (Phi) is 5.52.